The maximum Gasteiger partial charge on any atom is 0.350 e. The molecule has 1 aliphatic heterocycles. The lowest BCUT2D eigenvalue weighted by Crippen LogP contribution is -2.52. The first-order valence-electron chi connectivity index (χ1n) is 8.57. The number of aromatic amines is 1. The van der Waals surface area contributed by atoms with Gasteiger partial charge in [0.25, 0.3) is 5.91 Å². The van der Waals surface area contributed by atoms with Gasteiger partial charge in [-0.15, -0.1) is 0 Å². The van der Waals surface area contributed by atoms with Crippen LogP contribution in [0.5, 0.6) is 0 Å². The lowest BCUT2D eigenvalue weighted by molar-refractivity contribution is 0.0531. The maximum atomic E-state index is 14.6. The molecule has 0 spiro atoms. The minimum absolute atomic E-state index is 0.0889. The Morgan fingerprint density at radius 2 is 2.33 bits per heavy atom. The highest BCUT2D eigenvalue weighted by Gasteiger charge is 2.32. The molecule has 3 rings (SSSR count). The van der Waals surface area contributed by atoms with Crippen molar-refractivity contribution < 1.29 is 18.7 Å². The molecule has 10 heteroatoms. The number of amides is 1. The normalized spacial score (nSPS) is 19.8. The Morgan fingerprint density at radius 3 is 2.96 bits per heavy atom. The van der Waals surface area contributed by atoms with Gasteiger partial charge in [0.05, 0.1) is 29.9 Å². The van der Waals surface area contributed by atoms with Crippen LogP contribution in [0.15, 0.2) is 12.3 Å². The van der Waals surface area contributed by atoms with Gasteiger partial charge in [-0.2, -0.15) is 0 Å². The minimum atomic E-state index is -1.26. The lowest BCUT2D eigenvalue weighted by Gasteiger charge is -2.34. The highest BCUT2D eigenvalue weighted by molar-refractivity contribution is 7.17. The summed E-state index contributed by atoms with van der Waals surface area (Å²) in [6.07, 6.45) is 0.663. The molecule has 3 heterocycles. The molecule has 27 heavy (non-hydrogen) atoms. The predicted octanol–water partition coefficient (Wildman–Crippen LogP) is 2.96. The van der Waals surface area contributed by atoms with Crippen LogP contribution in [0, 0.1) is 6.92 Å². The van der Waals surface area contributed by atoms with Crippen molar-refractivity contribution in [1.29, 1.82) is 0 Å². The molecular formula is C17H20ClFN4O3S. The van der Waals surface area contributed by atoms with E-state index in [9.17, 15) is 14.0 Å². The van der Waals surface area contributed by atoms with Crippen molar-refractivity contribution in [2.75, 3.05) is 24.6 Å². The number of alkyl halides is 1. The van der Waals surface area contributed by atoms with Crippen molar-refractivity contribution in [2.24, 2.45) is 0 Å². The molecule has 0 bridgehead atoms. The molecule has 2 atom stereocenters. The largest absolute Gasteiger partial charge is 0.462 e. The number of H-pyrrole nitrogens is 1. The number of carbonyl (C=O) groups is 2. The van der Waals surface area contributed by atoms with Gasteiger partial charge in [0.1, 0.15) is 16.7 Å². The molecule has 146 valence electrons. The average molecular weight is 415 g/mol. The molecule has 2 aromatic heterocycles. The summed E-state index contributed by atoms with van der Waals surface area (Å²) < 4.78 is 19.7. The van der Waals surface area contributed by atoms with Crippen molar-refractivity contribution in [3.05, 3.63) is 33.6 Å². The lowest BCUT2D eigenvalue weighted by atomic mass is 10.0. The van der Waals surface area contributed by atoms with Crippen molar-refractivity contribution in [3.8, 4) is 0 Å². The molecule has 0 radical (unpaired) electrons. The number of rotatable bonds is 5. The number of esters is 1. The van der Waals surface area contributed by atoms with Gasteiger partial charge in [0.2, 0.25) is 0 Å². The Hall–Kier alpha value is -2.13. The Labute approximate surface area is 164 Å². The zero-order valence-electron chi connectivity index (χ0n) is 14.9. The van der Waals surface area contributed by atoms with Crippen LogP contribution < -0.4 is 10.2 Å². The number of hydrogen-bond donors (Lipinski definition) is 2. The number of nitrogens with one attached hydrogen (secondary N) is 2. The highest BCUT2D eigenvalue weighted by atomic mass is 35.5. The Kier molecular flexibility index (Phi) is 6.01. The molecule has 1 fully saturated rings. The SMILES string of the molecule is CCOC(=O)c1sc(N2CC[C@@H](NC(=O)c3cc(Cl)c[nH]3)[C@@H](F)C2)nc1C. The van der Waals surface area contributed by atoms with Gasteiger partial charge in [-0.1, -0.05) is 22.9 Å². The number of hydrogen-bond acceptors (Lipinski definition) is 6. The summed E-state index contributed by atoms with van der Waals surface area (Å²) >= 11 is 6.99. The number of aromatic nitrogens is 2. The van der Waals surface area contributed by atoms with Crippen molar-refractivity contribution in [2.45, 2.75) is 32.5 Å². The quantitative estimate of drug-likeness (QED) is 0.734. The van der Waals surface area contributed by atoms with Crippen LogP contribution in [0.25, 0.3) is 0 Å². The molecule has 7 nitrogen and oxygen atoms in total. The summed E-state index contributed by atoms with van der Waals surface area (Å²) in [5.74, 6) is -0.806. The molecule has 0 aromatic carbocycles. The number of nitrogens with zero attached hydrogens (tertiary/aromatic N) is 2. The minimum Gasteiger partial charge on any atom is -0.462 e. The number of aryl methyl sites for hydroxylation is 1. The first-order chi connectivity index (χ1) is 12.9. The Morgan fingerprint density at radius 1 is 1.56 bits per heavy atom. The van der Waals surface area contributed by atoms with E-state index in [1.807, 2.05) is 0 Å². The third kappa shape index (κ3) is 4.41. The summed E-state index contributed by atoms with van der Waals surface area (Å²) in [6, 6.07) is 0.899. The fraction of sp³-hybridized carbons (Fsp3) is 0.471. The molecule has 2 N–H and O–H groups in total. The summed E-state index contributed by atoms with van der Waals surface area (Å²) in [5, 5.41) is 3.70. The fourth-order valence-electron chi connectivity index (χ4n) is 2.89. The second-order valence-electron chi connectivity index (χ2n) is 6.19. The number of ether oxygens (including phenoxy) is 1. The van der Waals surface area contributed by atoms with Gasteiger partial charge in [0.15, 0.2) is 5.13 Å². The van der Waals surface area contributed by atoms with E-state index in [1.165, 1.54) is 23.6 Å². The van der Waals surface area contributed by atoms with Gasteiger partial charge in [0, 0.05) is 12.7 Å². The topological polar surface area (TPSA) is 87.3 Å². The first kappa shape index (κ1) is 19.6. The van der Waals surface area contributed by atoms with Crippen LogP contribution >= 0.6 is 22.9 Å². The first-order valence-corrected chi connectivity index (χ1v) is 9.76. The third-order valence-corrected chi connectivity index (χ3v) is 5.68. The van der Waals surface area contributed by atoms with Crippen molar-refractivity contribution in [3.63, 3.8) is 0 Å². The number of carbonyl (C=O) groups excluding carboxylic acids is 2. The van der Waals surface area contributed by atoms with Gasteiger partial charge in [-0.25, -0.2) is 14.2 Å². The van der Waals surface area contributed by atoms with Crippen molar-refractivity contribution >= 4 is 39.9 Å². The molecule has 1 saturated heterocycles. The summed E-state index contributed by atoms with van der Waals surface area (Å²) in [6.45, 7) is 4.36. The standard InChI is InChI=1S/C17H20ClFN4O3S/c1-3-26-16(25)14-9(2)21-17(27-14)23-5-4-12(11(19)8-23)22-15(24)13-6-10(18)7-20-13/h6-7,11-12,20H,3-5,8H2,1-2H3,(H,22,24)/t11-,12+/m0/s1. The fourth-order valence-corrected chi connectivity index (χ4v) is 4.05. The van der Waals surface area contributed by atoms with E-state index in [4.69, 9.17) is 16.3 Å². The van der Waals surface area contributed by atoms with Gasteiger partial charge in [-0.05, 0) is 26.3 Å². The number of halogens is 2. The smallest absolute Gasteiger partial charge is 0.350 e. The van der Waals surface area contributed by atoms with Crippen LogP contribution in [0.3, 0.4) is 0 Å². The number of anilines is 1. The predicted molar refractivity (Wildman–Crippen MR) is 102 cm³/mol. The monoisotopic (exact) mass is 414 g/mol. The van der Waals surface area contributed by atoms with Gasteiger partial charge >= 0.3 is 5.97 Å². The van der Waals surface area contributed by atoms with E-state index in [0.717, 1.165) is 0 Å². The van der Waals surface area contributed by atoms with Crippen LogP contribution in [-0.4, -0.2) is 53.8 Å². The molecule has 0 aliphatic carbocycles. The highest BCUT2D eigenvalue weighted by Crippen LogP contribution is 2.29. The summed E-state index contributed by atoms with van der Waals surface area (Å²) in [5.41, 5.74) is 0.868. The molecule has 2 aromatic rings. The van der Waals surface area contributed by atoms with Crippen LogP contribution in [0.2, 0.25) is 5.02 Å². The van der Waals surface area contributed by atoms with Gasteiger partial charge < -0.3 is 19.9 Å². The van der Waals surface area contributed by atoms with E-state index in [0.29, 0.717) is 39.4 Å². The van der Waals surface area contributed by atoms with E-state index in [-0.39, 0.29) is 13.2 Å². The zero-order valence-corrected chi connectivity index (χ0v) is 16.5. The number of piperidine rings is 1. The Balaban J connectivity index is 1.62. The summed E-state index contributed by atoms with van der Waals surface area (Å²) in [7, 11) is 0. The molecule has 1 amide bonds. The summed E-state index contributed by atoms with van der Waals surface area (Å²) in [4.78, 5) is 33.4. The van der Waals surface area contributed by atoms with E-state index in [1.54, 1.807) is 18.7 Å². The van der Waals surface area contributed by atoms with Crippen LogP contribution in [0.1, 0.15) is 39.2 Å². The number of thiazole rings is 1. The molecule has 0 unspecified atom stereocenters. The molecular weight excluding hydrogens is 395 g/mol. The molecule has 0 saturated carbocycles. The second-order valence-corrected chi connectivity index (χ2v) is 7.61. The van der Waals surface area contributed by atoms with E-state index in [2.05, 4.69) is 15.3 Å². The van der Waals surface area contributed by atoms with Crippen molar-refractivity contribution in [1.82, 2.24) is 15.3 Å². The van der Waals surface area contributed by atoms with Crippen LogP contribution in [0.4, 0.5) is 9.52 Å². The zero-order chi connectivity index (χ0) is 19.6. The molecule has 1 aliphatic rings. The Bertz CT molecular complexity index is 840. The third-order valence-electron chi connectivity index (χ3n) is 4.27. The van der Waals surface area contributed by atoms with E-state index < -0.39 is 24.1 Å². The van der Waals surface area contributed by atoms with E-state index >= 15 is 0 Å². The van der Waals surface area contributed by atoms with Gasteiger partial charge in [-0.3, -0.25) is 4.79 Å². The second kappa shape index (κ2) is 8.26. The maximum absolute atomic E-state index is 14.6. The van der Waals surface area contributed by atoms with Crippen LogP contribution in [-0.2, 0) is 4.74 Å². The average Bonchev–Trinajstić information content (AvgIpc) is 3.23.